The molecular weight excluding hydrogens is 383 g/mol. The molecule has 4 heterocycles. The number of nitrogens with zero attached hydrogens (tertiary/aromatic N) is 4. The van der Waals surface area contributed by atoms with E-state index in [0.29, 0.717) is 29.6 Å². The van der Waals surface area contributed by atoms with Crippen molar-refractivity contribution < 1.29 is 9.13 Å². The summed E-state index contributed by atoms with van der Waals surface area (Å²) in [5.74, 6) is 0.533. The van der Waals surface area contributed by atoms with Gasteiger partial charge in [-0.1, -0.05) is 13.8 Å². The maximum Gasteiger partial charge on any atom is 0.250 e. The van der Waals surface area contributed by atoms with Crippen molar-refractivity contribution in [2.75, 3.05) is 13.2 Å². The van der Waals surface area contributed by atoms with E-state index in [1.807, 2.05) is 0 Å². The second-order valence-electron chi connectivity index (χ2n) is 8.33. The Morgan fingerprint density at radius 1 is 1.23 bits per heavy atom. The zero-order valence-electron chi connectivity index (χ0n) is 17.4. The first-order chi connectivity index (χ1) is 14.5. The highest BCUT2D eigenvalue weighted by Gasteiger charge is 2.17. The van der Waals surface area contributed by atoms with E-state index in [2.05, 4.69) is 23.9 Å². The van der Waals surface area contributed by atoms with E-state index in [1.54, 1.807) is 40.0 Å². The van der Waals surface area contributed by atoms with Crippen LogP contribution in [-0.2, 0) is 17.7 Å². The molecule has 3 aromatic heterocycles. The third-order valence-electron chi connectivity index (χ3n) is 5.41. The minimum Gasteiger partial charge on any atom is -0.381 e. The fourth-order valence-corrected chi connectivity index (χ4v) is 3.82. The van der Waals surface area contributed by atoms with Gasteiger partial charge in [0.05, 0.1) is 16.9 Å². The van der Waals surface area contributed by atoms with Crippen LogP contribution in [0.4, 0.5) is 4.39 Å². The van der Waals surface area contributed by atoms with Gasteiger partial charge in [-0.3, -0.25) is 9.78 Å². The minimum atomic E-state index is -0.318. The first kappa shape index (κ1) is 20.5. The van der Waals surface area contributed by atoms with Gasteiger partial charge in [-0.2, -0.15) is 5.10 Å². The highest BCUT2D eigenvalue weighted by Crippen LogP contribution is 2.24. The first-order valence-electron chi connectivity index (χ1n) is 10.5. The molecule has 0 bridgehead atoms. The molecule has 6 nitrogen and oxygen atoms in total. The highest BCUT2D eigenvalue weighted by atomic mass is 19.1. The molecule has 7 heteroatoms. The predicted molar refractivity (Wildman–Crippen MR) is 113 cm³/mol. The molecule has 1 aliphatic heterocycles. The van der Waals surface area contributed by atoms with Gasteiger partial charge < -0.3 is 9.30 Å². The molecule has 4 rings (SSSR count). The van der Waals surface area contributed by atoms with E-state index in [4.69, 9.17) is 4.74 Å². The average molecular weight is 410 g/mol. The van der Waals surface area contributed by atoms with Gasteiger partial charge in [0.1, 0.15) is 5.82 Å². The fourth-order valence-electron chi connectivity index (χ4n) is 3.82. The van der Waals surface area contributed by atoms with E-state index in [0.717, 1.165) is 43.9 Å². The summed E-state index contributed by atoms with van der Waals surface area (Å²) in [6, 6.07) is 6.54. The van der Waals surface area contributed by atoms with Crippen molar-refractivity contribution in [1.82, 2.24) is 19.3 Å². The molecular formula is C23H27FN4O2. The molecule has 0 unspecified atom stereocenters. The molecule has 0 aliphatic carbocycles. The average Bonchev–Trinajstić information content (AvgIpc) is 3.20. The van der Waals surface area contributed by atoms with Crippen LogP contribution in [-0.4, -0.2) is 32.5 Å². The predicted octanol–water partition coefficient (Wildman–Crippen LogP) is 3.86. The molecule has 0 N–H and O–H groups in total. The number of hydrogen-bond donors (Lipinski definition) is 0. The summed E-state index contributed by atoms with van der Waals surface area (Å²) in [5.41, 5.74) is 2.36. The molecule has 0 atom stereocenters. The topological polar surface area (TPSA) is 61.9 Å². The number of pyridine rings is 2. The zero-order valence-corrected chi connectivity index (χ0v) is 17.4. The van der Waals surface area contributed by atoms with Crippen molar-refractivity contribution in [1.29, 1.82) is 0 Å². The lowest BCUT2D eigenvalue weighted by atomic mass is 9.94. The standard InChI is InChI=1S/C23H27FN4O2/c1-16(2)14-27-15-19(3-4-23(27)29)28-8-5-22(26-28)20-13-25-18(12-21(20)24)11-17-6-9-30-10-7-17/h3-5,8,12-13,15-17H,6-7,9-11,14H2,1-2H3. The second kappa shape index (κ2) is 8.92. The van der Waals surface area contributed by atoms with Crippen LogP contribution in [0.25, 0.3) is 16.9 Å². The van der Waals surface area contributed by atoms with Gasteiger partial charge in [-0.05, 0) is 49.3 Å². The number of aromatic nitrogens is 4. The molecule has 0 amide bonds. The lowest BCUT2D eigenvalue weighted by molar-refractivity contribution is 0.0662. The molecule has 1 aliphatic rings. The van der Waals surface area contributed by atoms with Crippen molar-refractivity contribution >= 4 is 0 Å². The molecule has 0 aromatic carbocycles. The van der Waals surface area contributed by atoms with Crippen LogP contribution in [0.15, 0.2) is 47.7 Å². The third-order valence-corrected chi connectivity index (χ3v) is 5.41. The molecule has 1 fully saturated rings. The number of ether oxygens (including phenoxy) is 1. The summed E-state index contributed by atoms with van der Waals surface area (Å²) in [6.45, 7) is 6.30. The van der Waals surface area contributed by atoms with Crippen molar-refractivity contribution in [2.24, 2.45) is 11.8 Å². The van der Waals surface area contributed by atoms with Gasteiger partial charge in [0.25, 0.3) is 5.56 Å². The SMILES string of the molecule is CC(C)Cn1cc(-n2ccc(-c3cnc(CC4CCOCC4)cc3F)n2)ccc1=O. The zero-order chi connectivity index (χ0) is 21.1. The van der Waals surface area contributed by atoms with Crippen LogP contribution in [0.1, 0.15) is 32.4 Å². The van der Waals surface area contributed by atoms with Crippen molar-refractivity contribution in [3.8, 4) is 16.9 Å². The van der Waals surface area contributed by atoms with E-state index in [-0.39, 0.29) is 11.4 Å². The van der Waals surface area contributed by atoms with Crippen molar-refractivity contribution in [3.63, 3.8) is 0 Å². The molecule has 30 heavy (non-hydrogen) atoms. The fraction of sp³-hybridized carbons (Fsp3) is 0.435. The van der Waals surface area contributed by atoms with E-state index in [9.17, 15) is 9.18 Å². The van der Waals surface area contributed by atoms with Crippen LogP contribution < -0.4 is 5.56 Å². The monoisotopic (exact) mass is 410 g/mol. The summed E-state index contributed by atoms with van der Waals surface area (Å²) in [4.78, 5) is 16.5. The Morgan fingerprint density at radius 3 is 2.77 bits per heavy atom. The number of halogens is 1. The summed E-state index contributed by atoms with van der Waals surface area (Å²) in [6.07, 6.45) is 7.88. The molecule has 158 valence electrons. The lowest BCUT2D eigenvalue weighted by Gasteiger charge is -2.21. The maximum atomic E-state index is 14.8. The molecule has 0 spiro atoms. The van der Waals surface area contributed by atoms with Gasteiger partial charge in [0.2, 0.25) is 0 Å². The van der Waals surface area contributed by atoms with E-state index in [1.165, 1.54) is 12.1 Å². The minimum absolute atomic E-state index is 0.0461. The Hall–Kier alpha value is -2.80. The Bertz CT molecular complexity index is 1070. The van der Waals surface area contributed by atoms with Gasteiger partial charge in [-0.15, -0.1) is 0 Å². The van der Waals surface area contributed by atoms with Crippen molar-refractivity contribution in [2.45, 2.75) is 39.7 Å². The Balaban J connectivity index is 1.54. The Labute approximate surface area is 175 Å². The van der Waals surface area contributed by atoms with Gasteiger partial charge in [-0.25, -0.2) is 9.07 Å². The second-order valence-corrected chi connectivity index (χ2v) is 8.33. The summed E-state index contributed by atoms with van der Waals surface area (Å²) >= 11 is 0. The highest BCUT2D eigenvalue weighted by molar-refractivity contribution is 5.58. The largest absolute Gasteiger partial charge is 0.381 e. The maximum absolute atomic E-state index is 14.8. The molecule has 1 saturated heterocycles. The first-order valence-corrected chi connectivity index (χ1v) is 10.5. The molecule has 0 saturated carbocycles. The summed E-state index contributed by atoms with van der Waals surface area (Å²) in [7, 11) is 0. The number of hydrogen-bond acceptors (Lipinski definition) is 4. The summed E-state index contributed by atoms with van der Waals surface area (Å²) < 4.78 is 23.5. The molecule has 0 radical (unpaired) electrons. The van der Waals surface area contributed by atoms with Crippen LogP contribution in [0.5, 0.6) is 0 Å². The Kier molecular flexibility index (Phi) is 6.08. The smallest absolute Gasteiger partial charge is 0.250 e. The third kappa shape index (κ3) is 4.67. The van der Waals surface area contributed by atoms with Gasteiger partial charge in [0, 0.05) is 50.1 Å². The summed E-state index contributed by atoms with van der Waals surface area (Å²) in [5, 5.41) is 4.51. The van der Waals surface area contributed by atoms with Gasteiger partial charge in [0.15, 0.2) is 0 Å². The van der Waals surface area contributed by atoms with Crippen LogP contribution >= 0.6 is 0 Å². The Morgan fingerprint density at radius 2 is 2.03 bits per heavy atom. The van der Waals surface area contributed by atoms with Gasteiger partial charge >= 0.3 is 0 Å². The van der Waals surface area contributed by atoms with E-state index < -0.39 is 0 Å². The molecule has 3 aromatic rings. The van der Waals surface area contributed by atoms with Crippen molar-refractivity contribution in [3.05, 3.63) is 64.7 Å². The quantitative estimate of drug-likeness (QED) is 0.619. The normalized spacial score (nSPS) is 15.1. The lowest BCUT2D eigenvalue weighted by Crippen LogP contribution is -2.21. The van der Waals surface area contributed by atoms with Crippen LogP contribution in [0, 0.1) is 17.7 Å². The van der Waals surface area contributed by atoms with E-state index >= 15 is 0 Å². The number of rotatable bonds is 6. The van der Waals surface area contributed by atoms with Crippen LogP contribution in [0.2, 0.25) is 0 Å². The van der Waals surface area contributed by atoms with Crippen LogP contribution in [0.3, 0.4) is 0 Å².